The van der Waals surface area contributed by atoms with E-state index < -0.39 is 0 Å². The van der Waals surface area contributed by atoms with Gasteiger partial charge in [-0.1, -0.05) is 0 Å². The number of aryl methyl sites for hydroxylation is 1. The van der Waals surface area contributed by atoms with Crippen LogP contribution < -0.4 is 0 Å². The largest absolute Gasteiger partial charge is 0.299 e. The molecule has 0 aromatic carbocycles. The molecule has 1 aromatic heterocycles. The molecule has 1 heterocycles. The van der Waals surface area contributed by atoms with Crippen molar-refractivity contribution in [1.82, 2.24) is 9.78 Å². The van der Waals surface area contributed by atoms with E-state index in [1.54, 1.807) is 0 Å². The molecule has 0 N–H and O–H groups in total. The van der Waals surface area contributed by atoms with Crippen LogP contribution in [0, 0.1) is 5.92 Å². The Bertz CT molecular complexity index is 380. The number of Topliss-reactive ketones (excluding diaryl/α,β-unsaturated/α-hetero) is 1. The summed E-state index contributed by atoms with van der Waals surface area (Å²) in [6.07, 6.45) is 4.92. The second-order valence-electron chi connectivity index (χ2n) is 4.10. The summed E-state index contributed by atoms with van der Waals surface area (Å²) in [6.45, 7) is 0. The minimum Gasteiger partial charge on any atom is -0.299 e. The minimum atomic E-state index is 0.183. The molecule has 3 nitrogen and oxygen atoms in total. The molecule has 2 aliphatic rings. The van der Waals surface area contributed by atoms with E-state index in [1.165, 1.54) is 11.3 Å². The Morgan fingerprint density at radius 3 is 3.23 bits per heavy atom. The molecule has 0 aliphatic heterocycles. The lowest BCUT2D eigenvalue weighted by molar-refractivity contribution is -0.122. The Labute approximate surface area is 76.7 Å². The summed E-state index contributed by atoms with van der Waals surface area (Å²) in [5.74, 6) is 0.941. The molecule has 68 valence electrons. The summed E-state index contributed by atoms with van der Waals surface area (Å²) >= 11 is 0. The average Bonchev–Trinajstić information content (AvgIpc) is 2.59. The number of rotatable bonds is 0. The summed E-state index contributed by atoms with van der Waals surface area (Å²) in [5.41, 5.74) is 2.48. The molecule has 2 aliphatic carbocycles. The first-order chi connectivity index (χ1) is 6.27. The first kappa shape index (κ1) is 7.30. The van der Waals surface area contributed by atoms with Crippen molar-refractivity contribution < 1.29 is 4.79 Å². The van der Waals surface area contributed by atoms with Gasteiger partial charge in [-0.05, 0) is 19.3 Å². The van der Waals surface area contributed by atoms with E-state index in [4.69, 9.17) is 0 Å². The van der Waals surface area contributed by atoms with Gasteiger partial charge in [0, 0.05) is 30.1 Å². The summed E-state index contributed by atoms with van der Waals surface area (Å²) in [7, 11) is 1.97. The molecule has 0 amide bonds. The number of hydrogen-bond donors (Lipinski definition) is 0. The van der Waals surface area contributed by atoms with E-state index in [1.807, 2.05) is 17.9 Å². The molecule has 3 heteroatoms. The van der Waals surface area contributed by atoms with E-state index in [9.17, 15) is 4.79 Å². The van der Waals surface area contributed by atoms with Gasteiger partial charge in [0.1, 0.15) is 5.78 Å². The third kappa shape index (κ3) is 0.794. The lowest BCUT2D eigenvalue weighted by Crippen LogP contribution is -2.22. The fourth-order valence-corrected chi connectivity index (χ4v) is 2.70. The fourth-order valence-electron chi connectivity index (χ4n) is 2.70. The summed E-state index contributed by atoms with van der Waals surface area (Å²) in [4.78, 5) is 11.7. The van der Waals surface area contributed by atoms with Crippen molar-refractivity contribution in [3.8, 4) is 0 Å². The molecular weight excluding hydrogens is 164 g/mol. The molecule has 0 saturated heterocycles. The van der Waals surface area contributed by atoms with Crippen molar-refractivity contribution in [2.24, 2.45) is 13.0 Å². The first-order valence-corrected chi connectivity index (χ1v) is 4.82. The molecule has 3 rings (SSSR count). The van der Waals surface area contributed by atoms with Crippen LogP contribution in [0.5, 0.6) is 0 Å². The van der Waals surface area contributed by atoms with Crippen LogP contribution in [0.2, 0.25) is 0 Å². The van der Waals surface area contributed by atoms with Crippen LogP contribution in [0.1, 0.15) is 30.0 Å². The van der Waals surface area contributed by atoms with Crippen LogP contribution in [0.25, 0.3) is 0 Å². The number of hydrogen-bond acceptors (Lipinski definition) is 2. The second kappa shape index (κ2) is 2.22. The molecule has 1 fully saturated rings. The van der Waals surface area contributed by atoms with Gasteiger partial charge in [-0.15, -0.1) is 0 Å². The first-order valence-electron chi connectivity index (χ1n) is 4.82. The van der Waals surface area contributed by atoms with Gasteiger partial charge < -0.3 is 0 Å². The maximum atomic E-state index is 11.7. The smallest absolute Gasteiger partial charge is 0.143 e. The zero-order chi connectivity index (χ0) is 9.00. The highest BCUT2D eigenvalue weighted by molar-refractivity contribution is 5.91. The van der Waals surface area contributed by atoms with E-state index in [2.05, 4.69) is 5.10 Å². The molecule has 2 bridgehead atoms. The van der Waals surface area contributed by atoms with Gasteiger partial charge in [0.25, 0.3) is 0 Å². The van der Waals surface area contributed by atoms with Gasteiger partial charge in [-0.3, -0.25) is 9.48 Å². The summed E-state index contributed by atoms with van der Waals surface area (Å²) in [5, 5.41) is 4.22. The number of ketones is 1. The van der Waals surface area contributed by atoms with Crippen molar-refractivity contribution in [2.75, 3.05) is 0 Å². The Morgan fingerprint density at radius 2 is 2.38 bits per heavy atom. The SMILES string of the molecule is Cn1ncc2c1C[C@H]1CC[C@H]2C1=O. The maximum Gasteiger partial charge on any atom is 0.143 e. The number of carbonyl (C=O) groups is 1. The lowest BCUT2D eigenvalue weighted by atomic mass is 9.86. The Morgan fingerprint density at radius 1 is 1.54 bits per heavy atom. The molecular formula is C10H12N2O. The molecule has 0 unspecified atom stereocenters. The van der Waals surface area contributed by atoms with Gasteiger partial charge in [0.2, 0.25) is 0 Å². The molecule has 1 saturated carbocycles. The average molecular weight is 176 g/mol. The highest BCUT2D eigenvalue weighted by atomic mass is 16.1. The van der Waals surface area contributed by atoms with Crippen LogP contribution in [0.15, 0.2) is 6.20 Å². The van der Waals surface area contributed by atoms with Gasteiger partial charge in [0.15, 0.2) is 0 Å². The standard InChI is InChI=1S/C10H12N2O/c1-12-9-4-6-2-3-7(10(6)13)8(9)5-11-12/h5-7H,2-4H2,1H3/t6-,7-/m1/s1. The number of aromatic nitrogens is 2. The summed E-state index contributed by atoms with van der Waals surface area (Å²) < 4.78 is 1.92. The number of nitrogens with zero attached hydrogens (tertiary/aromatic N) is 2. The Balaban J connectivity index is 2.18. The summed E-state index contributed by atoms with van der Waals surface area (Å²) in [6, 6.07) is 0. The van der Waals surface area contributed by atoms with Gasteiger partial charge in [-0.25, -0.2) is 0 Å². The quantitative estimate of drug-likeness (QED) is 0.592. The minimum absolute atomic E-state index is 0.183. The van der Waals surface area contributed by atoms with Crippen molar-refractivity contribution in [3.63, 3.8) is 0 Å². The van der Waals surface area contributed by atoms with E-state index >= 15 is 0 Å². The van der Waals surface area contributed by atoms with Crippen LogP contribution >= 0.6 is 0 Å². The van der Waals surface area contributed by atoms with Gasteiger partial charge >= 0.3 is 0 Å². The van der Waals surface area contributed by atoms with Crippen LogP contribution in [0.4, 0.5) is 0 Å². The zero-order valence-electron chi connectivity index (χ0n) is 7.66. The zero-order valence-corrected chi connectivity index (χ0v) is 7.66. The van der Waals surface area contributed by atoms with Crippen molar-refractivity contribution in [3.05, 3.63) is 17.5 Å². The third-order valence-corrected chi connectivity index (χ3v) is 3.46. The monoisotopic (exact) mass is 176 g/mol. The Hall–Kier alpha value is -1.12. The van der Waals surface area contributed by atoms with Crippen LogP contribution in [-0.2, 0) is 18.3 Å². The normalized spacial score (nSPS) is 30.7. The van der Waals surface area contributed by atoms with E-state index in [0.29, 0.717) is 11.7 Å². The predicted molar refractivity (Wildman–Crippen MR) is 47.4 cm³/mol. The molecule has 1 aromatic rings. The van der Waals surface area contributed by atoms with Gasteiger partial charge in [0.05, 0.1) is 6.20 Å². The Kier molecular flexibility index (Phi) is 1.25. The van der Waals surface area contributed by atoms with Crippen molar-refractivity contribution >= 4 is 5.78 Å². The van der Waals surface area contributed by atoms with E-state index in [0.717, 1.165) is 19.3 Å². The molecule has 2 atom stereocenters. The van der Waals surface area contributed by atoms with Crippen LogP contribution in [-0.4, -0.2) is 15.6 Å². The van der Waals surface area contributed by atoms with Crippen molar-refractivity contribution in [2.45, 2.75) is 25.2 Å². The number of carbonyl (C=O) groups excluding carboxylic acids is 1. The fraction of sp³-hybridized carbons (Fsp3) is 0.600. The van der Waals surface area contributed by atoms with E-state index in [-0.39, 0.29) is 5.92 Å². The third-order valence-electron chi connectivity index (χ3n) is 3.46. The molecule has 0 spiro atoms. The highest BCUT2D eigenvalue weighted by Gasteiger charge is 2.41. The van der Waals surface area contributed by atoms with Crippen molar-refractivity contribution in [1.29, 1.82) is 0 Å². The van der Waals surface area contributed by atoms with Crippen LogP contribution in [0.3, 0.4) is 0 Å². The molecule has 0 radical (unpaired) electrons. The lowest BCUT2D eigenvalue weighted by Gasteiger charge is -2.18. The molecule has 13 heavy (non-hydrogen) atoms. The second-order valence-corrected chi connectivity index (χ2v) is 4.10. The highest BCUT2D eigenvalue weighted by Crippen LogP contribution is 2.42. The maximum absolute atomic E-state index is 11.7. The van der Waals surface area contributed by atoms with Gasteiger partial charge in [-0.2, -0.15) is 5.10 Å². The predicted octanol–water partition coefficient (Wildman–Crippen LogP) is 1.04. The number of fused-ring (bicyclic) bond motifs is 4. The topological polar surface area (TPSA) is 34.9 Å².